The van der Waals surface area contributed by atoms with E-state index < -0.39 is 24.4 Å². The van der Waals surface area contributed by atoms with Crippen molar-refractivity contribution in [2.24, 2.45) is 0 Å². The van der Waals surface area contributed by atoms with Crippen LogP contribution in [0.5, 0.6) is 0 Å². The Balaban J connectivity index is 4.03. The second-order valence-electron chi connectivity index (χ2n) is 3.99. The smallest absolute Gasteiger partial charge is 0.102 e. The Morgan fingerprint density at radius 2 is 1.11 bits per heavy atom. The Bertz CT molecular complexity index is 353. The monoisotopic (exact) mass is 266 g/mol. The Morgan fingerprint density at radius 3 is 1.53 bits per heavy atom. The fraction of sp³-hybridized carbons (Fsp3) is 0.333. The van der Waals surface area contributed by atoms with Gasteiger partial charge in [-0.15, -0.1) is 6.58 Å². The summed E-state index contributed by atoms with van der Waals surface area (Å²) in [7, 11) is 0. The zero-order valence-corrected chi connectivity index (χ0v) is 11.0. The molecular formula is C15H22O4. The van der Waals surface area contributed by atoms with E-state index in [4.69, 9.17) is 5.11 Å². The SMILES string of the molecule is C=CC(O)C(O)C=CC=CC=CC=CC(O)C(C)O. The van der Waals surface area contributed by atoms with Crippen molar-refractivity contribution in [3.63, 3.8) is 0 Å². The Kier molecular flexibility index (Phi) is 9.66. The topological polar surface area (TPSA) is 80.9 Å². The maximum Gasteiger partial charge on any atom is 0.102 e. The van der Waals surface area contributed by atoms with Crippen LogP contribution in [-0.2, 0) is 0 Å². The van der Waals surface area contributed by atoms with Crippen molar-refractivity contribution in [2.45, 2.75) is 31.3 Å². The molecule has 0 aliphatic carbocycles. The predicted molar refractivity (Wildman–Crippen MR) is 76.5 cm³/mol. The fourth-order valence-electron chi connectivity index (χ4n) is 1.03. The van der Waals surface area contributed by atoms with Gasteiger partial charge in [-0.05, 0) is 6.92 Å². The summed E-state index contributed by atoms with van der Waals surface area (Å²) >= 11 is 0. The summed E-state index contributed by atoms with van der Waals surface area (Å²) in [6, 6.07) is 0. The number of aliphatic hydroxyl groups excluding tert-OH is 4. The molecule has 19 heavy (non-hydrogen) atoms. The van der Waals surface area contributed by atoms with Gasteiger partial charge in [0.25, 0.3) is 0 Å². The Hall–Kier alpha value is -1.46. The molecule has 0 heterocycles. The van der Waals surface area contributed by atoms with Crippen molar-refractivity contribution in [3.8, 4) is 0 Å². The van der Waals surface area contributed by atoms with Crippen molar-refractivity contribution < 1.29 is 20.4 Å². The lowest BCUT2D eigenvalue weighted by molar-refractivity contribution is 0.0619. The van der Waals surface area contributed by atoms with Gasteiger partial charge >= 0.3 is 0 Å². The van der Waals surface area contributed by atoms with E-state index in [2.05, 4.69) is 6.58 Å². The van der Waals surface area contributed by atoms with Crippen LogP contribution in [0.3, 0.4) is 0 Å². The molecule has 0 fully saturated rings. The summed E-state index contributed by atoms with van der Waals surface area (Å²) in [6.07, 6.45) is 10.7. The lowest BCUT2D eigenvalue weighted by atomic mass is 10.2. The van der Waals surface area contributed by atoms with Crippen molar-refractivity contribution in [1.82, 2.24) is 0 Å². The first kappa shape index (κ1) is 17.5. The molecule has 0 spiro atoms. The van der Waals surface area contributed by atoms with Gasteiger partial charge in [-0.2, -0.15) is 0 Å². The number of rotatable bonds is 8. The lowest BCUT2D eigenvalue weighted by Gasteiger charge is -2.07. The van der Waals surface area contributed by atoms with Crippen LogP contribution in [0.1, 0.15) is 6.92 Å². The number of hydrogen-bond donors (Lipinski definition) is 4. The first-order valence-corrected chi connectivity index (χ1v) is 6.02. The third-order valence-electron chi connectivity index (χ3n) is 2.26. The van der Waals surface area contributed by atoms with E-state index in [1.54, 1.807) is 36.5 Å². The third kappa shape index (κ3) is 9.16. The van der Waals surface area contributed by atoms with E-state index in [9.17, 15) is 15.3 Å². The molecule has 0 aliphatic heterocycles. The van der Waals surface area contributed by atoms with Gasteiger partial charge in [0.2, 0.25) is 0 Å². The highest BCUT2D eigenvalue weighted by atomic mass is 16.3. The molecule has 0 saturated carbocycles. The molecule has 0 bridgehead atoms. The largest absolute Gasteiger partial charge is 0.390 e. The maximum atomic E-state index is 9.35. The average Bonchev–Trinajstić information content (AvgIpc) is 2.39. The van der Waals surface area contributed by atoms with E-state index >= 15 is 0 Å². The standard InChI is InChI=1S/C15H22O4/c1-3-13(17)15(19)11-9-7-5-4-6-8-10-14(18)12(2)16/h3-19H,1H2,2H3. The second-order valence-corrected chi connectivity index (χ2v) is 3.99. The molecule has 0 amide bonds. The quantitative estimate of drug-likeness (QED) is 0.388. The van der Waals surface area contributed by atoms with E-state index in [1.165, 1.54) is 25.2 Å². The Labute approximate surface area is 114 Å². The summed E-state index contributed by atoms with van der Waals surface area (Å²) in [5, 5.41) is 36.8. The molecule has 4 N–H and O–H groups in total. The molecule has 0 rings (SSSR count). The molecule has 0 aromatic rings. The van der Waals surface area contributed by atoms with Gasteiger partial charge in [0.1, 0.15) is 12.2 Å². The molecule has 4 heteroatoms. The summed E-state index contributed by atoms with van der Waals surface area (Å²) in [5.74, 6) is 0. The number of aliphatic hydroxyl groups is 4. The van der Waals surface area contributed by atoms with Crippen LogP contribution in [0.2, 0.25) is 0 Å². The molecule has 0 saturated heterocycles. The highest BCUT2D eigenvalue weighted by Gasteiger charge is 2.06. The molecule has 0 aliphatic rings. The summed E-state index contributed by atoms with van der Waals surface area (Å²) in [5.41, 5.74) is 0. The van der Waals surface area contributed by atoms with Crippen molar-refractivity contribution >= 4 is 0 Å². The van der Waals surface area contributed by atoms with Gasteiger partial charge in [-0.25, -0.2) is 0 Å². The van der Waals surface area contributed by atoms with Gasteiger partial charge in [0.05, 0.1) is 12.2 Å². The van der Waals surface area contributed by atoms with Crippen LogP contribution >= 0.6 is 0 Å². The third-order valence-corrected chi connectivity index (χ3v) is 2.26. The lowest BCUT2D eigenvalue weighted by Crippen LogP contribution is -2.20. The van der Waals surface area contributed by atoms with E-state index in [1.807, 2.05) is 0 Å². The normalized spacial score (nSPS) is 19.4. The average molecular weight is 266 g/mol. The van der Waals surface area contributed by atoms with Gasteiger partial charge < -0.3 is 20.4 Å². The van der Waals surface area contributed by atoms with Crippen LogP contribution in [0.15, 0.2) is 61.3 Å². The summed E-state index contributed by atoms with van der Waals surface area (Å²) in [4.78, 5) is 0. The Morgan fingerprint density at radius 1 is 0.684 bits per heavy atom. The van der Waals surface area contributed by atoms with Crippen molar-refractivity contribution in [1.29, 1.82) is 0 Å². The summed E-state index contributed by atoms with van der Waals surface area (Å²) < 4.78 is 0. The van der Waals surface area contributed by atoms with Crippen LogP contribution < -0.4 is 0 Å². The van der Waals surface area contributed by atoms with Gasteiger partial charge in [0, 0.05) is 0 Å². The van der Waals surface area contributed by atoms with E-state index in [-0.39, 0.29) is 0 Å². The first-order chi connectivity index (χ1) is 8.99. The van der Waals surface area contributed by atoms with Gasteiger partial charge in [0.15, 0.2) is 0 Å². The van der Waals surface area contributed by atoms with Crippen LogP contribution in [0, 0.1) is 0 Å². The van der Waals surface area contributed by atoms with Crippen molar-refractivity contribution in [3.05, 3.63) is 61.3 Å². The zero-order valence-electron chi connectivity index (χ0n) is 11.0. The molecule has 0 radical (unpaired) electrons. The number of allylic oxidation sites excluding steroid dienone is 6. The molecule has 4 atom stereocenters. The van der Waals surface area contributed by atoms with E-state index in [0.29, 0.717) is 0 Å². The molecule has 106 valence electrons. The minimum absolute atomic E-state index is 0.791. The second kappa shape index (κ2) is 10.5. The predicted octanol–water partition coefficient (Wildman–Crippen LogP) is 0.861. The molecular weight excluding hydrogens is 244 g/mol. The highest BCUT2D eigenvalue weighted by molar-refractivity contribution is 5.17. The first-order valence-electron chi connectivity index (χ1n) is 6.02. The van der Waals surface area contributed by atoms with Crippen LogP contribution in [0.25, 0.3) is 0 Å². The molecule has 0 aromatic heterocycles. The van der Waals surface area contributed by atoms with Crippen LogP contribution in [-0.4, -0.2) is 44.8 Å². The highest BCUT2D eigenvalue weighted by Crippen LogP contribution is 1.97. The van der Waals surface area contributed by atoms with Crippen molar-refractivity contribution in [2.75, 3.05) is 0 Å². The molecule has 0 aromatic carbocycles. The number of hydrogen-bond acceptors (Lipinski definition) is 4. The molecule has 4 unspecified atom stereocenters. The fourth-order valence-corrected chi connectivity index (χ4v) is 1.03. The minimum atomic E-state index is -0.968. The zero-order chi connectivity index (χ0) is 14.7. The summed E-state index contributed by atoms with van der Waals surface area (Å²) in [6.45, 7) is 4.87. The molecule has 4 nitrogen and oxygen atoms in total. The van der Waals surface area contributed by atoms with E-state index in [0.717, 1.165) is 0 Å². The van der Waals surface area contributed by atoms with Gasteiger partial charge in [-0.1, -0.05) is 54.7 Å². The maximum absolute atomic E-state index is 9.35. The minimum Gasteiger partial charge on any atom is -0.390 e. The van der Waals surface area contributed by atoms with Crippen LogP contribution in [0.4, 0.5) is 0 Å². The van der Waals surface area contributed by atoms with Gasteiger partial charge in [-0.3, -0.25) is 0 Å².